The number of amides is 1. The lowest BCUT2D eigenvalue weighted by Crippen LogP contribution is -2.41. The number of aryl methyl sites for hydroxylation is 1. The van der Waals surface area contributed by atoms with E-state index in [1.165, 1.54) is 16.4 Å². The van der Waals surface area contributed by atoms with E-state index in [2.05, 4.69) is 5.32 Å². The summed E-state index contributed by atoms with van der Waals surface area (Å²) >= 11 is 1.04. The Kier molecular flexibility index (Phi) is 6.43. The third-order valence-corrected chi connectivity index (χ3v) is 8.82. The molecule has 1 fully saturated rings. The number of thiazole rings is 1. The average Bonchev–Trinajstić information content (AvgIpc) is 3.11. The molecule has 3 aromatic rings. The molecule has 0 saturated carbocycles. The minimum absolute atomic E-state index is 0.0183. The Bertz CT molecular complexity index is 1370. The summed E-state index contributed by atoms with van der Waals surface area (Å²) in [6.45, 7) is 5.89. The van der Waals surface area contributed by atoms with E-state index in [9.17, 15) is 22.4 Å². The molecule has 0 aliphatic carbocycles. The Balaban J connectivity index is 1.46. The predicted octanol–water partition coefficient (Wildman–Crippen LogP) is 4.13. The lowest BCUT2D eigenvalue weighted by molar-refractivity contribution is -0.120. The maximum Gasteiger partial charge on any atom is 0.308 e. The standard InChI is InChI=1S/C23H26FN3O4S2/c1-14(2)27-20-7-6-18(13-21(20)32-23(27)29)33(30,31)26-10-8-16(9-11-26)22(28)25-17-5-4-15(3)19(24)12-17/h4-7,12-14,16H,8-11H2,1-3H3,(H,25,28). The van der Waals surface area contributed by atoms with E-state index >= 15 is 0 Å². The van der Waals surface area contributed by atoms with Crippen LogP contribution < -0.4 is 10.2 Å². The molecule has 0 radical (unpaired) electrons. The molecule has 1 saturated heterocycles. The molecule has 176 valence electrons. The number of nitrogens with one attached hydrogen (secondary N) is 1. The van der Waals surface area contributed by atoms with Crippen molar-refractivity contribution < 1.29 is 17.6 Å². The quantitative estimate of drug-likeness (QED) is 0.581. The average molecular weight is 492 g/mol. The number of carbonyl (C=O) groups excluding carboxylic acids is 1. The highest BCUT2D eigenvalue weighted by atomic mass is 32.2. The Hall–Kier alpha value is -2.56. The zero-order chi connectivity index (χ0) is 23.9. The van der Waals surface area contributed by atoms with Crippen molar-refractivity contribution >= 4 is 43.2 Å². The SMILES string of the molecule is Cc1ccc(NC(=O)C2CCN(S(=O)(=O)c3ccc4c(c3)sc(=O)n4C(C)C)CC2)cc1F. The number of anilines is 1. The molecule has 0 spiro atoms. The smallest absolute Gasteiger partial charge is 0.308 e. The van der Waals surface area contributed by atoms with Gasteiger partial charge in [0.1, 0.15) is 5.82 Å². The molecule has 4 rings (SSSR count). The van der Waals surface area contributed by atoms with E-state index in [0.29, 0.717) is 28.8 Å². The van der Waals surface area contributed by atoms with Crippen LogP contribution in [0.2, 0.25) is 0 Å². The van der Waals surface area contributed by atoms with Gasteiger partial charge >= 0.3 is 4.87 Å². The van der Waals surface area contributed by atoms with E-state index in [4.69, 9.17) is 0 Å². The summed E-state index contributed by atoms with van der Waals surface area (Å²) in [6, 6.07) is 9.28. The van der Waals surface area contributed by atoms with Crippen molar-refractivity contribution in [3.05, 3.63) is 57.4 Å². The summed E-state index contributed by atoms with van der Waals surface area (Å²) in [6.07, 6.45) is 0.747. The zero-order valence-electron chi connectivity index (χ0n) is 18.7. The molecule has 1 aliphatic rings. The second-order valence-electron chi connectivity index (χ2n) is 8.59. The lowest BCUT2D eigenvalue weighted by Gasteiger charge is -2.30. The first kappa shape index (κ1) is 23.6. The normalized spacial score (nSPS) is 15.9. The van der Waals surface area contributed by atoms with Crippen LogP contribution in [0, 0.1) is 18.7 Å². The summed E-state index contributed by atoms with van der Waals surface area (Å²) in [5.41, 5.74) is 1.61. The summed E-state index contributed by atoms with van der Waals surface area (Å²) in [5, 5.41) is 2.72. The third-order valence-electron chi connectivity index (χ3n) is 6.00. The molecular weight excluding hydrogens is 465 g/mol. The fourth-order valence-electron chi connectivity index (χ4n) is 4.09. The lowest BCUT2D eigenvalue weighted by atomic mass is 9.97. The highest BCUT2D eigenvalue weighted by molar-refractivity contribution is 7.89. The molecule has 10 heteroatoms. The fourth-order valence-corrected chi connectivity index (χ4v) is 6.71. The molecule has 2 heterocycles. The molecule has 1 N–H and O–H groups in total. The predicted molar refractivity (Wildman–Crippen MR) is 128 cm³/mol. The summed E-state index contributed by atoms with van der Waals surface area (Å²) in [7, 11) is -3.75. The van der Waals surface area contributed by atoms with Crippen molar-refractivity contribution in [2.24, 2.45) is 5.92 Å². The van der Waals surface area contributed by atoms with Gasteiger partial charge in [-0.15, -0.1) is 0 Å². The molecule has 2 aromatic carbocycles. The van der Waals surface area contributed by atoms with E-state index in [1.54, 1.807) is 35.8 Å². The van der Waals surface area contributed by atoms with Crippen molar-refractivity contribution in [2.75, 3.05) is 18.4 Å². The molecule has 1 amide bonds. The van der Waals surface area contributed by atoms with Gasteiger partial charge in [0.15, 0.2) is 0 Å². The van der Waals surface area contributed by atoms with Crippen LogP contribution in [0.1, 0.15) is 38.3 Å². The Morgan fingerprint density at radius 3 is 2.48 bits per heavy atom. The number of piperidine rings is 1. The number of hydrogen-bond acceptors (Lipinski definition) is 5. The number of halogens is 1. The van der Waals surface area contributed by atoms with Gasteiger partial charge in [0.25, 0.3) is 0 Å². The Morgan fingerprint density at radius 1 is 1.15 bits per heavy atom. The molecule has 0 bridgehead atoms. The maximum absolute atomic E-state index is 13.7. The molecular formula is C23H26FN3O4S2. The monoisotopic (exact) mass is 491 g/mol. The molecule has 33 heavy (non-hydrogen) atoms. The number of sulfonamides is 1. The van der Waals surface area contributed by atoms with Crippen LogP contribution in [0.25, 0.3) is 10.2 Å². The number of aromatic nitrogens is 1. The Morgan fingerprint density at radius 2 is 1.85 bits per heavy atom. The minimum atomic E-state index is -3.75. The van der Waals surface area contributed by atoms with Crippen molar-refractivity contribution in [3.8, 4) is 0 Å². The van der Waals surface area contributed by atoms with Gasteiger partial charge < -0.3 is 5.32 Å². The highest BCUT2D eigenvalue weighted by Crippen LogP contribution is 2.29. The van der Waals surface area contributed by atoms with Gasteiger partial charge in [-0.05, 0) is 69.5 Å². The molecule has 1 aliphatic heterocycles. The topological polar surface area (TPSA) is 88.5 Å². The molecule has 1 aromatic heterocycles. The van der Waals surface area contributed by atoms with E-state index < -0.39 is 10.0 Å². The summed E-state index contributed by atoms with van der Waals surface area (Å²) in [5.74, 6) is -0.982. The molecule has 0 unspecified atom stereocenters. The first-order valence-electron chi connectivity index (χ1n) is 10.8. The van der Waals surface area contributed by atoms with E-state index in [-0.39, 0.29) is 46.5 Å². The van der Waals surface area contributed by atoms with Crippen LogP contribution in [0.3, 0.4) is 0 Å². The van der Waals surface area contributed by atoms with Gasteiger partial charge in [-0.3, -0.25) is 14.2 Å². The number of benzene rings is 2. The van der Waals surface area contributed by atoms with Gasteiger partial charge in [-0.25, -0.2) is 12.8 Å². The van der Waals surface area contributed by atoms with Crippen molar-refractivity contribution in [3.63, 3.8) is 0 Å². The summed E-state index contributed by atoms with van der Waals surface area (Å²) < 4.78 is 43.8. The van der Waals surface area contributed by atoms with Crippen molar-refractivity contribution in [1.29, 1.82) is 0 Å². The summed E-state index contributed by atoms with van der Waals surface area (Å²) in [4.78, 5) is 24.9. The number of hydrogen-bond donors (Lipinski definition) is 1. The van der Waals surface area contributed by atoms with Gasteiger partial charge in [0.2, 0.25) is 15.9 Å². The third kappa shape index (κ3) is 4.60. The first-order valence-corrected chi connectivity index (χ1v) is 13.1. The van der Waals surface area contributed by atoms with Crippen LogP contribution in [0.15, 0.2) is 46.1 Å². The van der Waals surface area contributed by atoms with E-state index in [0.717, 1.165) is 16.9 Å². The molecule has 7 nitrogen and oxygen atoms in total. The first-order chi connectivity index (χ1) is 15.6. The fraction of sp³-hybridized carbons (Fsp3) is 0.391. The van der Waals surface area contributed by atoms with Crippen LogP contribution in [-0.4, -0.2) is 36.3 Å². The largest absolute Gasteiger partial charge is 0.326 e. The van der Waals surface area contributed by atoms with Gasteiger partial charge in [-0.1, -0.05) is 17.4 Å². The van der Waals surface area contributed by atoms with Crippen LogP contribution >= 0.6 is 11.3 Å². The number of nitrogens with zero attached hydrogens (tertiary/aromatic N) is 2. The number of fused-ring (bicyclic) bond motifs is 1. The van der Waals surface area contributed by atoms with Gasteiger partial charge in [-0.2, -0.15) is 4.31 Å². The van der Waals surface area contributed by atoms with Crippen LogP contribution in [0.5, 0.6) is 0 Å². The van der Waals surface area contributed by atoms with Crippen LogP contribution in [0.4, 0.5) is 10.1 Å². The Labute approximate surface area is 195 Å². The second-order valence-corrected chi connectivity index (χ2v) is 11.5. The van der Waals surface area contributed by atoms with Gasteiger partial charge in [0, 0.05) is 30.7 Å². The second kappa shape index (κ2) is 9.00. The maximum atomic E-state index is 13.7. The van der Waals surface area contributed by atoms with Gasteiger partial charge in [0.05, 0.1) is 15.1 Å². The zero-order valence-corrected chi connectivity index (χ0v) is 20.3. The highest BCUT2D eigenvalue weighted by Gasteiger charge is 2.32. The van der Waals surface area contributed by atoms with E-state index in [1.807, 2.05) is 13.8 Å². The minimum Gasteiger partial charge on any atom is -0.326 e. The van der Waals surface area contributed by atoms with Crippen LogP contribution in [-0.2, 0) is 14.8 Å². The molecule has 0 atom stereocenters. The number of carbonyl (C=O) groups is 1. The number of rotatable bonds is 5. The van der Waals surface area contributed by atoms with Crippen molar-refractivity contribution in [1.82, 2.24) is 8.87 Å². The van der Waals surface area contributed by atoms with Crippen molar-refractivity contribution in [2.45, 2.75) is 44.6 Å².